The number of rotatable bonds is 3. The molecule has 1 aromatic heterocycles. The molecular weight excluding hydrogens is 659 g/mol. The van der Waals surface area contributed by atoms with Gasteiger partial charge in [-0.15, -0.1) is 0 Å². The molecule has 0 unspecified atom stereocenters. The van der Waals surface area contributed by atoms with Crippen molar-refractivity contribution in [1.82, 2.24) is 0 Å². The molecule has 0 radical (unpaired) electrons. The first kappa shape index (κ1) is 29.5. The monoisotopic (exact) mass is 689 g/mol. The molecule has 0 amide bonds. The number of benzene rings is 9. The highest BCUT2D eigenvalue weighted by Gasteiger charge is 2.49. The highest BCUT2D eigenvalue weighted by molar-refractivity contribution is 6.15. The van der Waals surface area contributed by atoms with E-state index in [4.69, 9.17) is 9.15 Å². The molecular formula is C51H31NO2. The Morgan fingerprint density at radius 3 is 1.87 bits per heavy atom. The lowest BCUT2D eigenvalue weighted by Crippen LogP contribution is -2.36. The van der Waals surface area contributed by atoms with Gasteiger partial charge in [0.25, 0.3) is 0 Å². The fraction of sp³-hybridized carbons (Fsp3) is 0.0196. The molecule has 9 aromatic carbocycles. The maximum absolute atomic E-state index is 6.72. The van der Waals surface area contributed by atoms with Gasteiger partial charge in [0.05, 0.1) is 5.41 Å². The normalized spacial score (nSPS) is 13.5. The Balaban J connectivity index is 1.16. The van der Waals surface area contributed by atoms with Gasteiger partial charge in [-0.05, 0) is 93.0 Å². The third kappa shape index (κ3) is 3.90. The number of fused-ring (bicyclic) bond motifs is 13. The third-order valence-electron chi connectivity index (χ3n) is 11.7. The smallest absolute Gasteiger partial charge is 0.143 e. The van der Waals surface area contributed by atoms with E-state index in [2.05, 4.69) is 193 Å². The highest BCUT2D eigenvalue weighted by Crippen LogP contribution is 2.61. The summed E-state index contributed by atoms with van der Waals surface area (Å²) >= 11 is 0. The van der Waals surface area contributed by atoms with Crippen molar-refractivity contribution in [2.45, 2.75) is 5.41 Å². The largest absolute Gasteiger partial charge is 0.457 e. The Morgan fingerprint density at radius 2 is 1.04 bits per heavy atom. The lowest BCUT2D eigenvalue weighted by atomic mass is 9.58. The van der Waals surface area contributed by atoms with Crippen LogP contribution >= 0.6 is 0 Å². The van der Waals surface area contributed by atoms with E-state index in [0.29, 0.717) is 0 Å². The Morgan fingerprint density at radius 1 is 0.389 bits per heavy atom. The molecule has 0 atom stereocenters. The number of para-hydroxylation sites is 3. The van der Waals surface area contributed by atoms with E-state index in [1.807, 2.05) is 0 Å². The van der Waals surface area contributed by atoms with Gasteiger partial charge >= 0.3 is 0 Å². The molecule has 252 valence electrons. The minimum absolute atomic E-state index is 0.628. The zero-order valence-corrected chi connectivity index (χ0v) is 29.2. The second kappa shape index (κ2) is 11.0. The molecule has 10 aromatic rings. The van der Waals surface area contributed by atoms with Crippen LogP contribution in [0.2, 0.25) is 0 Å². The minimum atomic E-state index is -0.628. The molecule has 0 saturated heterocycles. The molecule has 1 spiro atoms. The zero-order valence-electron chi connectivity index (χ0n) is 29.2. The number of hydrogen-bond acceptors (Lipinski definition) is 3. The molecule has 54 heavy (non-hydrogen) atoms. The molecule has 0 saturated carbocycles. The van der Waals surface area contributed by atoms with Gasteiger partial charge in [0.1, 0.15) is 22.7 Å². The fourth-order valence-electron chi connectivity index (χ4n) is 9.47. The van der Waals surface area contributed by atoms with Crippen LogP contribution in [0.15, 0.2) is 192 Å². The van der Waals surface area contributed by atoms with Crippen molar-refractivity contribution >= 4 is 60.5 Å². The molecule has 1 aliphatic carbocycles. The lowest BCUT2D eigenvalue weighted by molar-refractivity contribution is 0.435. The van der Waals surface area contributed by atoms with Crippen molar-refractivity contribution in [3.8, 4) is 22.6 Å². The van der Waals surface area contributed by atoms with Gasteiger partial charge in [-0.2, -0.15) is 0 Å². The summed E-state index contributed by atoms with van der Waals surface area (Å²) in [7, 11) is 0. The maximum Gasteiger partial charge on any atom is 0.143 e. The molecule has 3 nitrogen and oxygen atoms in total. The Hall–Kier alpha value is -7.10. The molecule has 0 bridgehead atoms. The van der Waals surface area contributed by atoms with Crippen LogP contribution < -0.4 is 9.64 Å². The number of furan rings is 1. The van der Waals surface area contributed by atoms with E-state index in [0.717, 1.165) is 67.0 Å². The van der Waals surface area contributed by atoms with Crippen molar-refractivity contribution in [2.24, 2.45) is 0 Å². The molecule has 3 heteroatoms. The van der Waals surface area contributed by atoms with Gasteiger partial charge < -0.3 is 14.1 Å². The first-order valence-electron chi connectivity index (χ1n) is 18.5. The van der Waals surface area contributed by atoms with Crippen molar-refractivity contribution in [3.63, 3.8) is 0 Å². The van der Waals surface area contributed by atoms with Crippen molar-refractivity contribution in [1.29, 1.82) is 0 Å². The fourth-order valence-corrected chi connectivity index (χ4v) is 9.47. The van der Waals surface area contributed by atoms with Gasteiger partial charge in [0, 0.05) is 50.4 Å². The standard InChI is InChI=1S/C51H31NO2/c1-2-15-34(16-3-1)52(36-26-29-39-41-27-24-32-12-4-5-17-37(32)50(41)54-48(39)31-36)35-25-28-38-40-18-10-13-33-14-11-21-44(49(33)40)51(45(38)30-35)42-19-6-8-22-46(42)53-47-23-9-7-20-43(47)51/h1-31H. The summed E-state index contributed by atoms with van der Waals surface area (Å²) in [5.74, 6) is 1.76. The van der Waals surface area contributed by atoms with E-state index in [9.17, 15) is 0 Å². The third-order valence-corrected chi connectivity index (χ3v) is 11.7. The first-order valence-corrected chi connectivity index (χ1v) is 18.5. The number of hydrogen-bond donors (Lipinski definition) is 0. The van der Waals surface area contributed by atoms with Crippen LogP contribution in [0.5, 0.6) is 11.5 Å². The van der Waals surface area contributed by atoms with Crippen molar-refractivity contribution < 1.29 is 9.15 Å². The highest BCUT2D eigenvalue weighted by atomic mass is 16.5. The summed E-state index contributed by atoms with van der Waals surface area (Å²) in [6.45, 7) is 0. The number of nitrogens with zero attached hydrogens (tertiary/aromatic N) is 1. The average molecular weight is 690 g/mol. The van der Waals surface area contributed by atoms with Crippen LogP contribution in [0, 0.1) is 0 Å². The summed E-state index contributed by atoms with van der Waals surface area (Å²) in [4.78, 5) is 2.36. The van der Waals surface area contributed by atoms with Gasteiger partial charge in [-0.3, -0.25) is 0 Å². The maximum atomic E-state index is 6.72. The summed E-state index contributed by atoms with van der Waals surface area (Å²) < 4.78 is 13.4. The number of ether oxygens (including phenoxy) is 1. The van der Waals surface area contributed by atoms with Gasteiger partial charge in [-0.1, -0.05) is 127 Å². The van der Waals surface area contributed by atoms with Gasteiger partial charge in [0.2, 0.25) is 0 Å². The van der Waals surface area contributed by atoms with E-state index in [-0.39, 0.29) is 0 Å². The summed E-state index contributed by atoms with van der Waals surface area (Å²) in [6.07, 6.45) is 0. The topological polar surface area (TPSA) is 25.6 Å². The van der Waals surface area contributed by atoms with E-state index in [1.165, 1.54) is 38.4 Å². The summed E-state index contributed by atoms with van der Waals surface area (Å²) in [6, 6.07) is 67.8. The van der Waals surface area contributed by atoms with Gasteiger partial charge in [-0.25, -0.2) is 0 Å². The van der Waals surface area contributed by atoms with Crippen LogP contribution in [-0.2, 0) is 5.41 Å². The van der Waals surface area contributed by atoms with Crippen molar-refractivity contribution in [2.75, 3.05) is 4.90 Å². The SMILES string of the molecule is c1ccc(N(c2ccc3c(c2)C2(c4ccccc4Oc4ccccc42)c2cccc4cccc-3c24)c2ccc3c(c2)oc2c4ccccc4ccc32)cc1. The van der Waals surface area contributed by atoms with E-state index in [1.54, 1.807) is 0 Å². The van der Waals surface area contributed by atoms with Crippen LogP contribution in [0.1, 0.15) is 22.3 Å². The molecule has 2 aliphatic rings. The predicted molar refractivity (Wildman–Crippen MR) is 221 cm³/mol. The quantitative estimate of drug-likeness (QED) is 0.185. The molecule has 12 rings (SSSR count). The molecule has 0 fully saturated rings. The predicted octanol–water partition coefficient (Wildman–Crippen LogP) is 13.8. The van der Waals surface area contributed by atoms with Crippen molar-refractivity contribution in [3.05, 3.63) is 210 Å². The second-order valence-electron chi connectivity index (χ2n) is 14.4. The van der Waals surface area contributed by atoms with Crippen LogP contribution in [0.25, 0.3) is 54.6 Å². The van der Waals surface area contributed by atoms with Gasteiger partial charge in [0.15, 0.2) is 0 Å². The summed E-state index contributed by atoms with van der Waals surface area (Å²) in [5.41, 5.74) is 11.6. The van der Waals surface area contributed by atoms with Crippen LogP contribution in [0.3, 0.4) is 0 Å². The Labute approximate surface area is 311 Å². The minimum Gasteiger partial charge on any atom is -0.457 e. The second-order valence-corrected chi connectivity index (χ2v) is 14.4. The zero-order chi connectivity index (χ0) is 35.4. The molecule has 0 N–H and O–H groups in total. The first-order chi connectivity index (χ1) is 26.8. The van der Waals surface area contributed by atoms with E-state index >= 15 is 0 Å². The summed E-state index contributed by atoms with van der Waals surface area (Å²) in [5, 5.41) is 7.05. The average Bonchev–Trinajstić information content (AvgIpc) is 3.61. The van der Waals surface area contributed by atoms with Crippen LogP contribution in [0.4, 0.5) is 17.1 Å². The molecule has 1 aliphatic heterocycles. The lowest BCUT2D eigenvalue weighted by Gasteiger charge is -2.45. The van der Waals surface area contributed by atoms with Crippen LogP contribution in [-0.4, -0.2) is 0 Å². The Bertz CT molecular complexity index is 3110. The Kier molecular flexibility index (Phi) is 5.98. The molecule has 2 heterocycles. The number of anilines is 3. The van der Waals surface area contributed by atoms with E-state index < -0.39 is 5.41 Å².